The number of methoxy groups -OCH3 is 1. The quantitative estimate of drug-likeness (QED) is 0.775. The van der Waals surface area contributed by atoms with Crippen LogP contribution in [0, 0.1) is 6.92 Å². The van der Waals surface area contributed by atoms with E-state index < -0.39 is 6.03 Å². The minimum atomic E-state index is -0.486. The first-order valence-corrected chi connectivity index (χ1v) is 7.60. The summed E-state index contributed by atoms with van der Waals surface area (Å²) in [6, 6.07) is 11.6. The summed E-state index contributed by atoms with van der Waals surface area (Å²) in [4.78, 5) is 23.6. The average Bonchev–Trinajstić information content (AvgIpc) is 2.57. The van der Waals surface area contributed by atoms with E-state index in [1.165, 1.54) is 0 Å². The standard InChI is InChI=1S/C17H18ClN3O3/c1-11-3-4-13(9-15(11)18)21-17(23)19-10-16(22)20-12-5-7-14(24-2)8-6-12/h3-9H,10H2,1-2H3,(H,20,22)(H2,19,21,23). The van der Waals surface area contributed by atoms with E-state index in [9.17, 15) is 9.59 Å². The second-order valence-corrected chi connectivity index (χ2v) is 5.46. The number of aryl methyl sites for hydroxylation is 1. The first-order valence-electron chi connectivity index (χ1n) is 7.23. The van der Waals surface area contributed by atoms with Gasteiger partial charge in [0.25, 0.3) is 0 Å². The van der Waals surface area contributed by atoms with E-state index in [0.29, 0.717) is 22.1 Å². The van der Waals surface area contributed by atoms with Gasteiger partial charge in [0.2, 0.25) is 5.91 Å². The smallest absolute Gasteiger partial charge is 0.319 e. The molecule has 0 saturated carbocycles. The van der Waals surface area contributed by atoms with Crippen LogP contribution in [0.25, 0.3) is 0 Å². The molecule has 2 aromatic rings. The van der Waals surface area contributed by atoms with Gasteiger partial charge in [0.05, 0.1) is 13.7 Å². The molecule has 2 aromatic carbocycles. The summed E-state index contributed by atoms with van der Waals surface area (Å²) in [7, 11) is 1.57. The maximum Gasteiger partial charge on any atom is 0.319 e. The Bertz CT molecular complexity index is 732. The minimum Gasteiger partial charge on any atom is -0.497 e. The predicted molar refractivity (Wildman–Crippen MR) is 94.8 cm³/mol. The molecule has 0 unspecified atom stereocenters. The fourth-order valence-corrected chi connectivity index (χ4v) is 2.07. The molecule has 7 heteroatoms. The Labute approximate surface area is 145 Å². The molecule has 0 bridgehead atoms. The lowest BCUT2D eigenvalue weighted by atomic mass is 10.2. The molecule has 3 N–H and O–H groups in total. The molecule has 0 radical (unpaired) electrons. The maximum atomic E-state index is 11.8. The molecule has 0 spiro atoms. The minimum absolute atomic E-state index is 0.155. The van der Waals surface area contributed by atoms with Crippen LogP contribution in [0.15, 0.2) is 42.5 Å². The van der Waals surface area contributed by atoms with E-state index in [1.807, 2.05) is 6.92 Å². The van der Waals surface area contributed by atoms with E-state index in [2.05, 4.69) is 16.0 Å². The Kier molecular flexibility index (Phi) is 6.03. The molecule has 0 aliphatic rings. The van der Waals surface area contributed by atoms with Crippen molar-refractivity contribution < 1.29 is 14.3 Å². The normalized spacial score (nSPS) is 9.96. The monoisotopic (exact) mass is 347 g/mol. The third-order valence-corrected chi connectivity index (χ3v) is 3.62. The molecule has 0 atom stereocenters. The topological polar surface area (TPSA) is 79.5 Å². The molecule has 126 valence electrons. The molecular weight excluding hydrogens is 330 g/mol. The van der Waals surface area contributed by atoms with Crippen molar-refractivity contribution in [3.8, 4) is 5.75 Å². The number of urea groups is 1. The van der Waals surface area contributed by atoms with Crippen LogP contribution in [0.3, 0.4) is 0 Å². The Morgan fingerprint density at radius 3 is 2.33 bits per heavy atom. The molecule has 0 fully saturated rings. The maximum absolute atomic E-state index is 11.8. The number of hydrogen-bond acceptors (Lipinski definition) is 3. The zero-order valence-electron chi connectivity index (χ0n) is 13.4. The Morgan fingerprint density at radius 2 is 1.71 bits per heavy atom. The Hall–Kier alpha value is -2.73. The number of amides is 3. The van der Waals surface area contributed by atoms with Crippen molar-refractivity contribution in [3.05, 3.63) is 53.1 Å². The van der Waals surface area contributed by atoms with Crippen molar-refractivity contribution in [2.45, 2.75) is 6.92 Å². The molecule has 6 nitrogen and oxygen atoms in total. The SMILES string of the molecule is COc1ccc(NC(=O)CNC(=O)Nc2ccc(C)c(Cl)c2)cc1. The van der Waals surface area contributed by atoms with Gasteiger partial charge in [-0.05, 0) is 48.9 Å². The average molecular weight is 348 g/mol. The predicted octanol–water partition coefficient (Wildman–Crippen LogP) is 3.42. The summed E-state index contributed by atoms with van der Waals surface area (Å²) < 4.78 is 5.04. The van der Waals surface area contributed by atoms with Gasteiger partial charge in [-0.15, -0.1) is 0 Å². The molecule has 24 heavy (non-hydrogen) atoms. The molecule has 2 rings (SSSR count). The fourth-order valence-electron chi connectivity index (χ4n) is 1.89. The highest BCUT2D eigenvalue weighted by atomic mass is 35.5. The summed E-state index contributed by atoms with van der Waals surface area (Å²) in [5.41, 5.74) is 2.09. The van der Waals surface area contributed by atoms with Gasteiger partial charge in [0.1, 0.15) is 5.75 Å². The molecule has 0 saturated heterocycles. The van der Waals surface area contributed by atoms with Crippen LogP contribution in [0.5, 0.6) is 5.75 Å². The van der Waals surface area contributed by atoms with Crippen molar-refractivity contribution in [1.29, 1.82) is 0 Å². The third kappa shape index (κ3) is 5.17. The van der Waals surface area contributed by atoms with Gasteiger partial charge in [-0.25, -0.2) is 4.79 Å². The van der Waals surface area contributed by atoms with Crippen molar-refractivity contribution in [2.75, 3.05) is 24.3 Å². The molecule has 0 aromatic heterocycles. The lowest BCUT2D eigenvalue weighted by Gasteiger charge is -2.09. The Balaban J connectivity index is 1.79. The van der Waals surface area contributed by atoms with E-state index >= 15 is 0 Å². The summed E-state index contributed by atoms with van der Waals surface area (Å²) in [6.45, 7) is 1.72. The van der Waals surface area contributed by atoms with Gasteiger partial charge in [-0.3, -0.25) is 4.79 Å². The van der Waals surface area contributed by atoms with Gasteiger partial charge in [0.15, 0.2) is 0 Å². The van der Waals surface area contributed by atoms with Crippen molar-refractivity contribution in [2.24, 2.45) is 0 Å². The van der Waals surface area contributed by atoms with Crippen molar-refractivity contribution in [1.82, 2.24) is 5.32 Å². The number of hydrogen-bond donors (Lipinski definition) is 3. The highest BCUT2D eigenvalue weighted by Gasteiger charge is 2.07. The van der Waals surface area contributed by atoms with Gasteiger partial charge in [-0.2, -0.15) is 0 Å². The van der Waals surface area contributed by atoms with Crippen LogP contribution in [-0.2, 0) is 4.79 Å². The summed E-state index contributed by atoms with van der Waals surface area (Å²) in [5, 5.41) is 8.32. The van der Waals surface area contributed by atoms with Crippen LogP contribution < -0.4 is 20.7 Å². The van der Waals surface area contributed by atoms with Crippen LogP contribution in [0.2, 0.25) is 5.02 Å². The van der Waals surface area contributed by atoms with Crippen molar-refractivity contribution in [3.63, 3.8) is 0 Å². The summed E-state index contributed by atoms with van der Waals surface area (Å²) in [5.74, 6) is 0.361. The number of carbonyl (C=O) groups is 2. The van der Waals surface area contributed by atoms with E-state index in [0.717, 1.165) is 5.56 Å². The Morgan fingerprint density at radius 1 is 1.04 bits per heavy atom. The van der Waals surface area contributed by atoms with Gasteiger partial charge < -0.3 is 20.7 Å². The number of anilines is 2. The second kappa shape index (κ2) is 8.21. The van der Waals surface area contributed by atoms with Crippen molar-refractivity contribution >= 4 is 34.9 Å². The van der Waals surface area contributed by atoms with Crippen LogP contribution >= 0.6 is 11.6 Å². The van der Waals surface area contributed by atoms with E-state index in [4.69, 9.17) is 16.3 Å². The van der Waals surface area contributed by atoms with E-state index in [1.54, 1.807) is 49.6 Å². The zero-order valence-corrected chi connectivity index (χ0v) is 14.1. The molecule has 3 amide bonds. The largest absolute Gasteiger partial charge is 0.497 e. The summed E-state index contributed by atoms with van der Waals surface area (Å²) >= 11 is 5.99. The molecule has 0 heterocycles. The van der Waals surface area contributed by atoms with Crippen LogP contribution in [0.1, 0.15) is 5.56 Å². The fraction of sp³-hybridized carbons (Fsp3) is 0.176. The number of halogens is 1. The van der Waals surface area contributed by atoms with Gasteiger partial charge >= 0.3 is 6.03 Å². The number of rotatable bonds is 5. The highest BCUT2D eigenvalue weighted by Crippen LogP contribution is 2.19. The zero-order chi connectivity index (χ0) is 17.5. The van der Waals surface area contributed by atoms with Gasteiger partial charge in [-0.1, -0.05) is 17.7 Å². The summed E-state index contributed by atoms with van der Waals surface area (Å²) in [6.07, 6.45) is 0. The number of ether oxygens (including phenoxy) is 1. The van der Waals surface area contributed by atoms with Gasteiger partial charge in [0, 0.05) is 16.4 Å². The molecule has 0 aliphatic carbocycles. The van der Waals surface area contributed by atoms with E-state index in [-0.39, 0.29) is 12.5 Å². The first kappa shape index (κ1) is 17.6. The second-order valence-electron chi connectivity index (χ2n) is 5.05. The molecular formula is C17H18ClN3O3. The lowest BCUT2D eigenvalue weighted by molar-refractivity contribution is -0.115. The lowest BCUT2D eigenvalue weighted by Crippen LogP contribution is -2.35. The molecule has 0 aliphatic heterocycles. The third-order valence-electron chi connectivity index (χ3n) is 3.21. The van der Waals surface area contributed by atoms with Crippen LogP contribution in [-0.4, -0.2) is 25.6 Å². The number of carbonyl (C=O) groups excluding carboxylic acids is 2. The first-order chi connectivity index (χ1) is 11.5. The number of benzene rings is 2. The van der Waals surface area contributed by atoms with Crippen LogP contribution in [0.4, 0.5) is 16.2 Å². The number of nitrogens with one attached hydrogen (secondary N) is 3. The highest BCUT2D eigenvalue weighted by molar-refractivity contribution is 6.31.